The van der Waals surface area contributed by atoms with Crippen molar-refractivity contribution in [3.05, 3.63) is 35.9 Å². The van der Waals surface area contributed by atoms with E-state index in [0.717, 1.165) is 12.0 Å². The monoisotopic (exact) mass is 457 g/mol. The van der Waals surface area contributed by atoms with Crippen molar-refractivity contribution in [3.8, 4) is 0 Å². The number of carbonyl (C=O) groups excluding carboxylic acids is 3. The molecule has 1 aromatic rings. The van der Waals surface area contributed by atoms with Gasteiger partial charge in [-0.05, 0) is 30.7 Å². The van der Waals surface area contributed by atoms with E-state index in [1.807, 2.05) is 51.1 Å². The average Bonchev–Trinajstić information content (AvgIpc) is 3.45. The van der Waals surface area contributed by atoms with Crippen molar-refractivity contribution in [3.63, 3.8) is 0 Å². The number of ether oxygens (including phenoxy) is 1. The second-order valence-electron chi connectivity index (χ2n) is 9.79. The molecular formula is C25H35N3O5. The molecule has 0 aliphatic carbocycles. The molecule has 4 rings (SSSR count). The first-order chi connectivity index (χ1) is 15.9. The summed E-state index contributed by atoms with van der Waals surface area (Å²) in [6.07, 6.45) is 1.61. The Kier molecular flexibility index (Phi) is 6.77. The molecule has 3 N–H and O–H groups in total. The third-order valence-corrected chi connectivity index (χ3v) is 7.46. The van der Waals surface area contributed by atoms with E-state index in [2.05, 4.69) is 10.6 Å². The minimum atomic E-state index is -1.04. The molecule has 3 heterocycles. The van der Waals surface area contributed by atoms with Gasteiger partial charge in [0.25, 0.3) is 0 Å². The standard InChI is InChI=1S/C25H35N3O5/c1-4-12-26-22(30)19-18-10-11-25(33-18)20(19)24(32)28(17(14-29)15(2)3)21(25)23(31)27-13-16-8-6-5-7-9-16/h5-9,15,17-21,29H,4,10-14H2,1-3H3,(H,26,30)(H,27,31)/t17-,18+,19-,20-,21?,25?/m0/s1. The number of fused-ring (bicyclic) bond motifs is 1. The van der Waals surface area contributed by atoms with E-state index >= 15 is 0 Å². The highest BCUT2D eigenvalue weighted by Crippen LogP contribution is 2.58. The van der Waals surface area contributed by atoms with Crippen molar-refractivity contribution in [1.82, 2.24) is 15.5 Å². The van der Waals surface area contributed by atoms with Gasteiger partial charge in [0.05, 0.1) is 30.6 Å². The highest BCUT2D eigenvalue weighted by Gasteiger charge is 2.75. The maximum absolute atomic E-state index is 13.8. The van der Waals surface area contributed by atoms with E-state index in [9.17, 15) is 19.5 Å². The van der Waals surface area contributed by atoms with Gasteiger partial charge in [-0.1, -0.05) is 51.1 Å². The second kappa shape index (κ2) is 9.43. The maximum Gasteiger partial charge on any atom is 0.246 e. The summed E-state index contributed by atoms with van der Waals surface area (Å²) in [4.78, 5) is 42.0. The largest absolute Gasteiger partial charge is 0.394 e. The number of hydrogen-bond donors (Lipinski definition) is 3. The number of amides is 3. The molecule has 0 saturated carbocycles. The third kappa shape index (κ3) is 3.93. The van der Waals surface area contributed by atoms with Crippen LogP contribution in [0.5, 0.6) is 0 Å². The number of benzene rings is 1. The fraction of sp³-hybridized carbons (Fsp3) is 0.640. The third-order valence-electron chi connectivity index (χ3n) is 7.46. The van der Waals surface area contributed by atoms with Crippen molar-refractivity contribution >= 4 is 17.7 Å². The van der Waals surface area contributed by atoms with Gasteiger partial charge in [0.1, 0.15) is 11.6 Å². The van der Waals surface area contributed by atoms with Gasteiger partial charge in [-0.2, -0.15) is 0 Å². The molecule has 33 heavy (non-hydrogen) atoms. The minimum Gasteiger partial charge on any atom is -0.394 e. The van der Waals surface area contributed by atoms with Crippen LogP contribution in [0.4, 0.5) is 0 Å². The van der Waals surface area contributed by atoms with Crippen LogP contribution in [-0.2, 0) is 25.7 Å². The molecule has 3 aliphatic heterocycles. The normalized spacial score (nSPS) is 31.1. The first kappa shape index (κ1) is 23.7. The summed E-state index contributed by atoms with van der Waals surface area (Å²) >= 11 is 0. The fourth-order valence-corrected chi connectivity index (χ4v) is 5.92. The molecule has 3 amide bonds. The van der Waals surface area contributed by atoms with Gasteiger partial charge in [0.15, 0.2) is 0 Å². The van der Waals surface area contributed by atoms with Crippen LogP contribution in [-0.4, -0.2) is 64.7 Å². The first-order valence-corrected chi connectivity index (χ1v) is 12.1. The quantitative estimate of drug-likeness (QED) is 0.517. The summed E-state index contributed by atoms with van der Waals surface area (Å²) < 4.78 is 6.39. The van der Waals surface area contributed by atoms with Crippen LogP contribution >= 0.6 is 0 Å². The number of nitrogens with one attached hydrogen (secondary N) is 2. The van der Waals surface area contributed by atoms with Crippen molar-refractivity contribution in [1.29, 1.82) is 0 Å². The Labute approximate surface area is 195 Å². The SMILES string of the molecule is CCCNC(=O)[C@@H]1[C@H]2C(=O)N([C@@H](CO)C(C)C)C(C(=O)NCc3ccccc3)C23CC[C@H]1O3. The summed E-state index contributed by atoms with van der Waals surface area (Å²) in [7, 11) is 0. The Bertz CT molecular complexity index is 891. The number of aliphatic hydroxyl groups is 1. The summed E-state index contributed by atoms with van der Waals surface area (Å²) in [5.74, 6) is -2.14. The van der Waals surface area contributed by atoms with Crippen LogP contribution < -0.4 is 10.6 Å². The lowest BCUT2D eigenvalue weighted by molar-refractivity contribution is -0.146. The zero-order valence-electron chi connectivity index (χ0n) is 19.6. The predicted molar refractivity (Wildman–Crippen MR) is 122 cm³/mol. The van der Waals surface area contributed by atoms with Crippen LogP contribution in [0.25, 0.3) is 0 Å². The lowest BCUT2D eigenvalue weighted by atomic mass is 9.70. The van der Waals surface area contributed by atoms with Crippen LogP contribution in [0, 0.1) is 17.8 Å². The molecule has 8 nitrogen and oxygen atoms in total. The first-order valence-electron chi connectivity index (χ1n) is 12.1. The Morgan fingerprint density at radius 2 is 1.94 bits per heavy atom. The van der Waals surface area contributed by atoms with Gasteiger partial charge in [0.2, 0.25) is 17.7 Å². The van der Waals surface area contributed by atoms with E-state index < -0.39 is 29.5 Å². The van der Waals surface area contributed by atoms with Crippen molar-refractivity contribution < 1.29 is 24.2 Å². The molecule has 2 unspecified atom stereocenters. The molecular weight excluding hydrogens is 422 g/mol. The number of likely N-dealkylation sites (tertiary alicyclic amines) is 1. The number of aliphatic hydroxyl groups excluding tert-OH is 1. The molecule has 6 atom stereocenters. The van der Waals surface area contributed by atoms with E-state index in [4.69, 9.17) is 4.74 Å². The minimum absolute atomic E-state index is 0.0665. The highest BCUT2D eigenvalue weighted by molar-refractivity contribution is 5.99. The number of hydrogen-bond acceptors (Lipinski definition) is 5. The van der Waals surface area contributed by atoms with E-state index in [1.165, 1.54) is 4.90 Å². The van der Waals surface area contributed by atoms with E-state index in [0.29, 0.717) is 25.9 Å². The van der Waals surface area contributed by atoms with E-state index in [-0.39, 0.29) is 36.4 Å². The molecule has 3 saturated heterocycles. The summed E-state index contributed by atoms with van der Waals surface area (Å²) in [6.45, 7) is 6.42. The van der Waals surface area contributed by atoms with Crippen LogP contribution in [0.1, 0.15) is 45.6 Å². The summed E-state index contributed by atoms with van der Waals surface area (Å²) in [5.41, 5.74) is -0.0919. The fourth-order valence-electron chi connectivity index (χ4n) is 5.92. The number of rotatable bonds is 9. The highest BCUT2D eigenvalue weighted by atomic mass is 16.5. The Hall–Kier alpha value is -2.45. The topological polar surface area (TPSA) is 108 Å². The summed E-state index contributed by atoms with van der Waals surface area (Å²) in [6, 6.07) is 8.16. The molecule has 0 radical (unpaired) electrons. The molecule has 8 heteroatoms. The molecule has 0 aromatic heterocycles. The second-order valence-corrected chi connectivity index (χ2v) is 9.79. The molecule has 3 fully saturated rings. The zero-order valence-corrected chi connectivity index (χ0v) is 19.6. The van der Waals surface area contributed by atoms with Crippen LogP contribution in [0.3, 0.4) is 0 Å². The smallest absolute Gasteiger partial charge is 0.246 e. The van der Waals surface area contributed by atoms with Crippen LogP contribution in [0.15, 0.2) is 30.3 Å². The van der Waals surface area contributed by atoms with Gasteiger partial charge in [0, 0.05) is 13.1 Å². The zero-order chi connectivity index (χ0) is 23.8. The average molecular weight is 458 g/mol. The maximum atomic E-state index is 13.8. The molecule has 3 aliphatic rings. The van der Waals surface area contributed by atoms with Gasteiger partial charge in [-0.15, -0.1) is 0 Å². The lowest BCUT2D eigenvalue weighted by Gasteiger charge is -2.38. The summed E-state index contributed by atoms with van der Waals surface area (Å²) in [5, 5.41) is 16.1. The Morgan fingerprint density at radius 3 is 2.58 bits per heavy atom. The van der Waals surface area contributed by atoms with Crippen molar-refractivity contribution in [2.45, 2.75) is 70.4 Å². The molecule has 1 aromatic carbocycles. The van der Waals surface area contributed by atoms with Crippen LogP contribution in [0.2, 0.25) is 0 Å². The predicted octanol–water partition coefficient (Wildman–Crippen LogP) is 1.22. The molecule has 180 valence electrons. The van der Waals surface area contributed by atoms with Gasteiger partial charge >= 0.3 is 0 Å². The van der Waals surface area contributed by atoms with Gasteiger partial charge < -0.3 is 25.4 Å². The molecule has 1 spiro atoms. The van der Waals surface area contributed by atoms with Crippen molar-refractivity contribution in [2.24, 2.45) is 17.8 Å². The van der Waals surface area contributed by atoms with Gasteiger partial charge in [-0.25, -0.2) is 0 Å². The van der Waals surface area contributed by atoms with Gasteiger partial charge in [-0.3, -0.25) is 14.4 Å². The van der Waals surface area contributed by atoms with E-state index in [1.54, 1.807) is 0 Å². The van der Waals surface area contributed by atoms with Crippen molar-refractivity contribution in [2.75, 3.05) is 13.2 Å². The number of nitrogens with zero attached hydrogens (tertiary/aromatic N) is 1. The Morgan fingerprint density at radius 1 is 1.21 bits per heavy atom. The Balaban J connectivity index is 1.67. The molecule has 2 bridgehead atoms. The number of carbonyl (C=O) groups is 3. The lowest BCUT2D eigenvalue weighted by Crippen LogP contribution is -2.58.